The number of hydrogen-bond acceptors (Lipinski definition) is 3. The van der Waals surface area contributed by atoms with E-state index in [1.54, 1.807) is 19.1 Å². The first-order chi connectivity index (χ1) is 9.47. The van der Waals surface area contributed by atoms with Crippen LogP contribution in [0.4, 0.5) is 4.39 Å². The lowest BCUT2D eigenvalue weighted by molar-refractivity contribution is 0.0659. The molecule has 2 rings (SSSR count). The Morgan fingerprint density at radius 2 is 1.75 bits per heavy atom. The van der Waals surface area contributed by atoms with Crippen LogP contribution in [-0.4, -0.2) is 17.0 Å². The summed E-state index contributed by atoms with van der Waals surface area (Å²) in [6.07, 6.45) is 0. The lowest BCUT2D eigenvalue weighted by Gasteiger charge is -2.13. The smallest absolute Gasteiger partial charge is 0.371 e. The SMILES string of the molecule is CC(NC(=O)c1ccc(C(=O)O)o1)c1ccc(F)cc1. The second-order valence-corrected chi connectivity index (χ2v) is 4.22. The second-order valence-electron chi connectivity index (χ2n) is 4.22. The highest BCUT2D eigenvalue weighted by Gasteiger charge is 2.17. The molecule has 1 amide bonds. The standard InChI is InChI=1S/C14H12FNO4/c1-8(9-2-4-10(15)5-3-9)16-13(17)11-6-7-12(20-11)14(18)19/h2-8H,1H3,(H,16,17)(H,18,19). The fourth-order valence-corrected chi connectivity index (χ4v) is 1.68. The first-order valence-corrected chi connectivity index (χ1v) is 5.87. The van der Waals surface area contributed by atoms with E-state index < -0.39 is 11.9 Å². The first-order valence-electron chi connectivity index (χ1n) is 5.87. The van der Waals surface area contributed by atoms with Crippen molar-refractivity contribution in [2.45, 2.75) is 13.0 Å². The van der Waals surface area contributed by atoms with Gasteiger partial charge in [0, 0.05) is 0 Å². The van der Waals surface area contributed by atoms with E-state index in [-0.39, 0.29) is 23.4 Å². The predicted molar refractivity (Wildman–Crippen MR) is 67.9 cm³/mol. The lowest BCUT2D eigenvalue weighted by atomic mass is 10.1. The summed E-state index contributed by atoms with van der Waals surface area (Å²) in [5, 5.41) is 11.3. The zero-order valence-corrected chi connectivity index (χ0v) is 10.6. The van der Waals surface area contributed by atoms with Crippen LogP contribution in [0.5, 0.6) is 0 Å². The second kappa shape index (κ2) is 5.56. The van der Waals surface area contributed by atoms with E-state index >= 15 is 0 Å². The quantitative estimate of drug-likeness (QED) is 0.900. The number of carboxylic acids is 1. The van der Waals surface area contributed by atoms with Gasteiger partial charge in [0.15, 0.2) is 5.76 Å². The molecule has 0 aliphatic carbocycles. The van der Waals surface area contributed by atoms with Crippen molar-refractivity contribution < 1.29 is 23.5 Å². The molecule has 20 heavy (non-hydrogen) atoms. The molecule has 2 aromatic rings. The molecule has 1 unspecified atom stereocenters. The van der Waals surface area contributed by atoms with Gasteiger partial charge in [0.25, 0.3) is 5.91 Å². The topological polar surface area (TPSA) is 79.5 Å². The zero-order valence-electron chi connectivity index (χ0n) is 10.6. The van der Waals surface area contributed by atoms with Crippen molar-refractivity contribution in [2.75, 3.05) is 0 Å². The Balaban J connectivity index is 2.06. The van der Waals surface area contributed by atoms with Gasteiger partial charge in [-0.05, 0) is 36.8 Å². The minimum Gasteiger partial charge on any atom is -0.475 e. The van der Waals surface area contributed by atoms with Gasteiger partial charge in [-0.15, -0.1) is 0 Å². The monoisotopic (exact) mass is 277 g/mol. The summed E-state index contributed by atoms with van der Waals surface area (Å²) >= 11 is 0. The van der Waals surface area contributed by atoms with Crippen molar-refractivity contribution in [2.24, 2.45) is 0 Å². The summed E-state index contributed by atoms with van der Waals surface area (Å²) in [6, 6.07) is 7.86. The fourth-order valence-electron chi connectivity index (χ4n) is 1.68. The summed E-state index contributed by atoms with van der Waals surface area (Å²) in [7, 11) is 0. The molecule has 1 aromatic carbocycles. The maximum absolute atomic E-state index is 12.8. The molecule has 0 aliphatic heterocycles. The van der Waals surface area contributed by atoms with E-state index in [0.29, 0.717) is 0 Å². The highest BCUT2D eigenvalue weighted by atomic mass is 19.1. The van der Waals surface area contributed by atoms with E-state index in [1.807, 2.05) is 0 Å². The predicted octanol–water partition coefficient (Wildman–Crippen LogP) is 2.61. The molecule has 0 saturated heterocycles. The molecule has 0 radical (unpaired) electrons. The minimum absolute atomic E-state index is 0.0867. The highest BCUT2D eigenvalue weighted by Crippen LogP contribution is 2.15. The number of carboxylic acid groups (broad SMARTS) is 1. The molecule has 1 heterocycles. The number of furan rings is 1. The minimum atomic E-state index is -1.24. The maximum atomic E-state index is 12.8. The number of nitrogens with one attached hydrogen (secondary N) is 1. The number of benzene rings is 1. The number of carbonyl (C=O) groups excluding carboxylic acids is 1. The molecule has 1 aromatic heterocycles. The van der Waals surface area contributed by atoms with Crippen LogP contribution >= 0.6 is 0 Å². The summed E-state index contributed by atoms with van der Waals surface area (Å²) in [6.45, 7) is 1.73. The Kier molecular flexibility index (Phi) is 3.84. The largest absolute Gasteiger partial charge is 0.475 e. The fraction of sp³-hybridized carbons (Fsp3) is 0.143. The molecule has 0 fully saturated rings. The summed E-state index contributed by atoms with van der Waals surface area (Å²) in [4.78, 5) is 22.5. The van der Waals surface area contributed by atoms with Crippen molar-refractivity contribution in [3.63, 3.8) is 0 Å². The zero-order chi connectivity index (χ0) is 14.7. The average Bonchev–Trinajstić information content (AvgIpc) is 2.89. The van der Waals surface area contributed by atoms with Crippen LogP contribution in [0.1, 0.15) is 39.6 Å². The molecule has 0 spiro atoms. The number of rotatable bonds is 4. The van der Waals surface area contributed by atoms with Gasteiger partial charge in [-0.1, -0.05) is 12.1 Å². The van der Waals surface area contributed by atoms with E-state index in [9.17, 15) is 14.0 Å². The van der Waals surface area contributed by atoms with Gasteiger partial charge in [-0.3, -0.25) is 4.79 Å². The number of halogens is 1. The van der Waals surface area contributed by atoms with Gasteiger partial charge in [0.1, 0.15) is 5.82 Å². The summed E-state index contributed by atoms with van der Waals surface area (Å²) in [5.74, 6) is -2.52. The maximum Gasteiger partial charge on any atom is 0.371 e. The number of carbonyl (C=O) groups is 2. The lowest BCUT2D eigenvalue weighted by Crippen LogP contribution is -2.26. The van der Waals surface area contributed by atoms with Gasteiger partial charge in [0.05, 0.1) is 6.04 Å². The van der Waals surface area contributed by atoms with E-state index in [0.717, 1.165) is 5.56 Å². The van der Waals surface area contributed by atoms with E-state index in [4.69, 9.17) is 9.52 Å². The Morgan fingerprint density at radius 1 is 1.15 bits per heavy atom. The highest BCUT2D eigenvalue weighted by molar-refractivity contribution is 5.93. The number of amides is 1. The molecule has 104 valence electrons. The summed E-state index contributed by atoms with van der Waals surface area (Å²) < 4.78 is 17.7. The summed E-state index contributed by atoms with van der Waals surface area (Å²) in [5.41, 5.74) is 0.727. The Bertz CT molecular complexity index is 633. The van der Waals surface area contributed by atoms with Gasteiger partial charge >= 0.3 is 5.97 Å². The van der Waals surface area contributed by atoms with Crippen LogP contribution in [0, 0.1) is 5.82 Å². The Morgan fingerprint density at radius 3 is 2.30 bits per heavy atom. The molecule has 5 nitrogen and oxygen atoms in total. The first kappa shape index (κ1) is 13.8. The molecule has 2 N–H and O–H groups in total. The molecule has 0 saturated carbocycles. The number of aromatic carboxylic acids is 1. The number of hydrogen-bond donors (Lipinski definition) is 2. The Hall–Kier alpha value is -2.63. The van der Waals surface area contributed by atoms with Crippen LogP contribution in [0.2, 0.25) is 0 Å². The van der Waals surface area contributed by atoms with Gasteiger partial charge < -0.3 is 14.8 Å². The normalized spacial score (nSPS) is 11.9. The van der Waals surface area contributed by atoms with Crippen LogP contribution in [-0.2, 0) is 0 Å². The third-order valence-electron chi connectivity index (χ3n) is 2.76. The van der Waals surface area contributed by atoms with Crippen molar-refractivity contribution in [1.29, 1.82) is 0 Å². The molecule has 6 heteroatoms. The van der Waals surface area contributed by atoms with Crippen LogP contribution in [0.3, 0.4) is 0 Å². The van der Waals surface area contributed by atoms with Crippen molar-refractivity contribution >= 4 is 11.9 Å². The molecule has 0 aliphatic rings. The van der Waals surface area contributed by atoms with Crippen LogP contribution in [0.25, 0.3) is 0 Å². The van der Waals surface area contributed by atoms with E-state index in [2.05, 4.69) is 5.32 Å². The third kappa shape index (κ3) is 3.03. The molecule has 0 bridgehead atoms. The molecular weight excluding hydrogens is 265 g/mol. The molecular formula is C14H12FNO4. The van der Waals surface area contributed by atoms with Gasteiger partial charge in [-0.25, -0.2) is 9.18 Å². The average molecular weight is 277 g/mol. The van der Waals surface area contributed by atoms with Gasteiger partial charge in [0.2, 0.25) is 5.76 Å². The Labute approximate surface area is 114 Å². The van der Waals surface area contributed by atoms with Crippen molar-refractivity contribution in [1.82, 2.24) is 5.32 Å². The van der Waals surface area contributed by atoms with Crippen LogP contribution in [0.15, 0.2) is 40.8 Å². The van der Waals surface area contributed by atoms with E-state index in [1.165, 1.54) is 24.3 Å². The third-order valence-corrected chi connectivity index (χ3v) is 2.76. The van der Waals surface area contributed by atoms with Crippen molar-refractivity contribution in [3.05, 3.63) is 59.3 Å². The van der Waals surface area contributed by atoms with Gasteiger partial charge in [-0.2, -0.15) is 0 Å². The van der Waals surface area contributed by atoms with Crippen molar-refractivity contribution in [3.8, 4) is 0 Å². The molecule has 1 atom stereocenters. The van der Waals surface area contributed by atoms with Crippen LogP contribution < -0.4 is 5.32 Å².